The van der Waals surface area contributed by atoms with Crippen molar-refractivity contribution in [3.05, 3.63) is 39.7 Å². The van der Waals surface area contributed by atoms with Crippen molar-refractivity contribution >= 4 is 16.8 Å². The van der Waals surface area contributed by atoms with E-state index in [9.17, 15) is 9.59 Å². The van der Waals surface area contributed by atoms with Crippen LogP contribution < -0.4 is 5.43 Å². The summed E-state index contributed by atoms with van der Waals surface area (Å²) in [5, 5.41) is 4.81. The van der Waals surface area contributed by atoms with Gasteiger partial charge in [0.05, 0.1) is 10.9 Å². The Labute approximate surface area is 129 Å². The summed E-state index contributed by atoms with van der Waals surface area (Å²) in [5.41, 5.74) is 1.54. The molecule has 0 atom stereocenters. The first kappa shape index (κ1) is 14.8. The van der Waals surface area contributed by atoms with Crippen molar-refractivity contribution in [3.63, 3.8) is 0 Å². The van der Waals surface area contributed by atoms with E-state index in [1.165, 1.54) is 0 Å². The lowest BCUT2D eigenvalue weighted by molar-refractivity contribution is 0.0752. The largest absolute Gasteiger partial charge is 0.337 e. The molecule has 5 nitrogen and oxygen atoms in total. The van der Waals surface area contributed by atoms with E-state index in [-0.39, 0.29) is 17.0 Å². The van der Waals surface area contributed by atoms with Crippen LogP contribution in [0.5, 0.6) is 0 Å². The molecular formula is C17H21N3O2. The maximum absolute atomic E-state index is 12.7. The molecule has 1 aromatic heterocycles. The second-order valence-corrected chi connectivity index (χ2v) is 6.03. The van der Waals surface area contributed by atoms with E-state index in [1.807, 2.05) is 25.1 Å². The molecule has 0 N–H and O–H groups in total. The first-order chi connectivity index (χ1) is 10.6. The Bertz CT molecular complexity index is 771. The van der Waals surface area contributed by atoms with Crippen LogP contribution in [0.4, 0.5) is 0 Å². The molecule has 3 rings (SSSR count). The van der Waals surface area contributed by atoms with Crippen LogP contribution in [0.25, 0.3) is 10.9 Å². The second-order valence-electron chi connectivity index (χ2n) is 6.03. The fourth-order valence-corrected chi connectivity index (χ4v) is 3.05. The zero-order valence-electron chi connectivity index (χ0n) is 13.1. The van der Waals surface area contributed by atoms with E-state index in [4.69, 9.17) is 0 Å². The first-order valence-corrected chi connectivity index (χ1v) is 7.85. The highest BCUT2D eigenvalue weighted by Crippen LogP contribution is 2.14. The molecule has 1 fully saturated rings. The normalized spacial score (nSPS) is 15.8. The second kappa shape index (κ2) is 5.91. The number of aryl methyl sites for hydroxylation is 2. The van der Waals surface area contributed by atoms with Gasteiger partial charge in [-0.25, -0.2) is 0 Å². The summed E-state index contributed by atoms with van der Waals surface area (Å²) in [6.45, 7) is 3.38. The summed E-state index contributed by atoms with van der Waals surface area (Å²) in [7, 11) is 1.77. The molecule has 2 heterocycles. The lowest BCUT2D eigenvalue weighted by Gasteiger charge is -2.20. The molecule has 0 radical (unpaired) electrons. The molecule has 0 saturated carbocycles. The molecule has 0 spiro atoms. The first-order valence-electron chi connectivity index (χ1n) is 7.85. The number of carbonyl (C=O) groups excluding carboxylic acids is 1. The fourth-order valence-electron chi connectivity index (χ4n) is 3.05. The standard InChI is InChI=1S/C17H21N3O2/c1-12-7-8-14-13(11-12)16(21)15(18-19(14)2)17(22)20-9-5-3-4-6-10-20/h7-8,11H,3-6,9-10H2,1-2H3. The number of carbonyl (C=O) groups is 1. The van der Waals surface area contributed by atoms with Crippen molar-refractivity contribution in [1.82, 2.24) is 14.7 Å². The average molecular weight is 299 g/mol. The molecule has 0 aliphatic carbocycles. The smallest absolute Gasteiger partial charge is 0.278 e. The molecule has 1 amide bonds. The summed E-state index contributed by atoms with van der Waals surface area (Å²) < 4.78 is 1.63. The number of rotatable bonds is 1. The Hall–Kier alpha value is -2.17. The Morgan fingerprint density at radius 2 is 1.82 bits per heavy atom. The molecular weight excluding hydrogens is 278 g/mol. The maximum atomic E-state index is 12.7. The van der Waals surface area contributed by atoms with Gasteiger partial charge in [-0.3, -0.25) is 14.3 Å². The minimum absolute atomic E-state index is 0.0440. The van der Waals surface area contributed by atoms with Gasteiger partial charge in [-0.2, -0.15) is 5.10 Å². The number of benzene rings is 1. The van der Waals surface area contributed by atoms with Crippen molar-refractivity contribution in [1.29, 1.82) is 0 Å². The van der Waals surface area contributed by atoms with Crippen LogP contribution in [0.15, 0.2) is 23.0 Å². The Morgan fingerprint density at radius 3 is 2.50 bits per heavy atom. The van der Waals surface area contributed by atoms with Gasteiger partial charge in [0.1, 0.15) is 0 Å². The minimum atomic E-state index is -0.258. The summed E-state index contributed by atoms with van der Waals surface area (Å²) >= 11 is 0. The lowest BCUT2D eigenvalue weighted by atomic mass is 10.1. The number of fused-ring (bicyclic) bond motifs is 1. The molecule has 116 valence electrons. The van der Waals surface area contributed by atoms with Crippen LogP contribution >= 0.6 is 0 Å². The number of amides is 1. The minimum Gasteiger partial charge on any atom is -0.337 e. The van der Waals surface area contributed by atoms with Gasteiger partial charge in [0.2, 0.25) is 5.43 Å². The van der Waals surface area contributed by atoms with Crippen molar-refractivity contribution in [2.24, 2.45) is 7.05 Å². The summed E-state index contributed by atoms with van der Waals surface area (Å²) in [6, 6.07) is 5.65. The Kier molecular flexibility index (Phi) is 3.96. The molecule has 5 heteroatoms. The molecule has 0 unspecified atom stereocenters. The van der Waals surface area contributed by atoms with Crippen molar-refractivity contribution in [2.75, 3.05) is 13.1 Å². The quantitative estimate of drug-likeness (QED) is 0.811. The van der Waals surface area contributed by atoms with E-state index >= 15 is 0 Å². The van der Waals surface area contributed by atoms with E-state index in [1.54, 1.807) is 16.6 Å². The van der Waals surface area contributed by atoms with E-state index in [2.05, 4.69) is 5.10 Å². The predicted octanol–water partition coefficient (Wildman–Crippen LogP) is 2.26. The molecule has 2 aromatic rings. The van der Waals surface area contributed by atoms with Gasteiger partial charge < -0.3 is 4.90 Å². The van der Waals surface area contributed by atoms with Gasteiger partial charge >= 0.3 is 0 Å². The lowest BCUT2D eigenvalue weighted by Crippen LogP contribution is -2.36. The summed E-state index contributed by atoms with van der Waals surface area (Å²) in [4.78, 5) is 27.2. The Morgan fingerprint density at radius 1 is 1.14 bits per heavy atom. The topological polar surface area (TPSA) is 55.2 Å². The zero-order chi connectivity index (χ0) is 15.7. The fraction of sp³-hybridized carbons (Fsp3) is 0.471. The number of nitrogens with zero attached hydrogens (tertiary/aromatic N) is 3. The zero-order valence-corrected chi connectivity index (χ0v) is 13.1. The number of hydrogen-bond acceptors (Lipinski definition) is 3. The number of hydrogen-bond donors (Lipinski definition) is 0. The van der Waals surface area contributed by atoms with Crippen LogP contribution in [-0.4, -0.2) is 33.7 Å². The molecule has 1 saturated heterocycles. The van der Waals surface area contributed by atoms with Gasteiger partial charge in [0.15, 0.2) is 5.69 Å². The summed E-state index contributed by atoms with van der Waals surface area (Å²) in [5.74, 6) is -0.231. The Balaban J connectivity index is 2.08. The highest BCUT2D eigenvalue weighted by Gasteiger charge is 2.23. The van der Waals surface area contributed by atoms with Crippen molar-refractivity contribution in [2.45, 2.75) is 32.6 Å². The molecule has 0 bridgehead atoms. The van der Waals surface area contributed by atoms with Gasteiger partial charge in [0.25, 0.3) is 5.91 Å². The highest BCUT2D eigenvalue weighted by molar-refractivity contribution is 5.95. The molecule has 1 aliphatic heterocycles. The van der Waals surface area contributed by atoms with Gasteiger partial charge in [-0.15, -0.1) is 0 Å². The van der Waals surface area contributed by atoms with Gasteiger partial charge in [-0.05, 0) is 31.9 Å². The maximum Gasteiger partial charge on any atom is 0.278 e. The molecule has 1 aromatic carbocycles. The third kappa shape index (κ3) is 2.63. The van der Waals surface area contributed by atoms with E-state index < -0.39 is 0 Å². The monoisotopic (exact) mass is 299 g/mol. The highest BCUT2D eigenvalue weighted by atomic mass is 16.2. The van der Waals surface area contributed by atoms with Crippen molar-refractivity contribution in [3.8, 4) is 0 Å². The van der Waals surface area contributed by atoms with Crippen molar-refractivity contribution < 1.29 is 4.79 Å². The number of aromatic nitrogens is 2. The van der Waals surface area contributed by atoms with Crippen LogP contribution in [0.3, 0.4) is 0 Å². The predicted molar refractivity (Wildman–Crippen MR) is 86.1 cm³/mol. The van der Waals surface area contributed by atoms with Crippen LogP contribution in [-0.2, 0) is 7.05 Å². The average Bonchev–Trinajstić information content (AvgIpc) is 2.79. The molecule has 22 heavy (non-hydrogen) atoms. The van der Waals surface area contributed by atoms with E-state index in [0.717, 1.165) is 49.9 Å². The molecule has 1 aliphatic rings. The van der Waals surface area contributed by atoms with Crippen LogP contribution in [0.1, 0.15) is 41.7 Å². The van der Waals surface area contributed by atoms with Crippen LogP contribution in [0.2, 0.25) is 0 Å². The third-order valence-electron chi connectivity index (χ3n) is 4.31. The van der Waals surface area contributed by atoms with Gasteiger partial charge in [-0.1, -0.05) is 24.5 Å². The van der Waals surface area contributed by atoms with Gasteiger partial charge in [0, 0.05) is 20.1 Å². The van der Waals surface area contributed by atoms with Crippen LogP contribution in [0, 0.1) is 6.92 Å². The SMILES string of the molecule is Cc1ccc2c(c1)c(=O)c(C(=O)N1CCCCCC1)nn2C. The summed E-state index contributed by atoms with van der Waals surface area (Å²) in [6.07, 6.45) is 4.29. The van der Waals surface area contributed by atoms with E-state index in [0.29, 0.717) is 5.39 Å². The number of likely N-dealkylation sites (tertiary alicyclic amines) is 1. The third-order valence-corrected chi connectivity index (χ3v) is 4.31.